The van der Waals surface area contributed by atoms with E-state index in [1.165, 1.54) is 6.92 Å². The number of amides is 2. The summed E-state index contributed by atoms with van der Waals surface area (Å²) in [4.78, 5) is 23.2. The fraction of sp³-hybridized carbons (Fsp3) is 0.385. The molecule has 1 atom stereocenters. The minimum Gasteiger partial charge on any atom is -0.393 e. The van der Waals surface area contributed by atoms with Crippen LogP contribution in [0, 0.1) is 0 Å². The molecule has 4 N–H and O–H groups in total. The van der Waals surface area contributed by atoms with Crippen LogP contribution < -0.4 is 10.6 Å². The van der Waals surface area contributed by atoms with Crippen molar-refractivity contribution in [3.8, 4) is 0 Å². The van der Waals surface area contributed by atoms with E-state index in [-0.39, 0.29) is 19.0 Å². The molecule has 1 aromatic rings. The Bertz CT molecular complexity index is 491. The van der Waals surface area contributed by atoms with Gasteiger partial charge in [0.15, 0.2) is 0 Å². The summed E-state index contributed by atoms with van der Waals surface area (Å²) in [5, 5.41) is 23.2. The first-order valence-corrected chi connectivity index (χ1v) is 6.77. The molecule has 0 bridgehead atoms. The summed E-state index contributed by atoms with van der Waals surface area (Å²) >= 11 is 3.25. The first kappa shape index (κ1) is 16.6. The number of halogens is 1. The second kappa shape index (κ2) is 7.37. The van der Waals surface area contributed by atoms with E-state index in [0.29, 0.717) is 5.56 Å². The van der Waals surface area contributed by atoms with Crippen LogP contribution in [0.1, 0.15) is 17.3 Å². The van der Waals surface area contributed by atoms with Crippen LogP contribution in [-0.4, -0.2) is 47.3 Å². The van der Waals surface area contributed by atoms with Gasteiger partial charge in [0.1, 0.15) is 5.60 Å². The zero-order valence-electron chi connectivity index (χ0n) is 11.0. The van der Waals surface area contributed by atoms with E-state index in [0.717, 1.165) is 4.47 Å². The smallest absolute Gasteiger partial charge is 0.251 e. The van der Waals surface area contributed by atoms with Gasteiger partial charge in [-0.25, -0.2) is 0 Å². The van der Waals surface area contributed by atoms with Gasteiger partial charge in [0.2, 0.25) is 5.91 Å². The molecule has 1 unspecified atom stereocenters. The first-order valence-electron chi connectivity index (χ1n) is 5.98. The number of hydrogen-bond donors (Lipinski definition) is 4. The fourth-order valence-corrected chi connectivity index (χ4v) is 1.70. The van der Waals surface area contributed by atoms with Gasteiger partial charge in [-0.3, -0.25) is 9.59 Å². The van der Waals surface area contributed by atoms with Gasteiger partial charge in [0, 0.05) is 16.6 Å². The molecule has 0 saturated heterocycles. The summed E-state index contributed by atoms with van der Waals surface area (Å²) in [5.74, 6) is -0.808. The van der Waals surface area contributed by atoms with Crippen LogP contribution in [0.15, 0.2) is 28.7 Å². The molecule has 0 heterocycles. The normalized spacial score (nSPS) is 13.4. The Kier molecular flexibility index (Phi) is 6.12. The van der Waals surface area contributed by atoms with Crippen LogP contribution in [0.2, 0.25) is 0 Å². The Labute approximate surface area is 125 Å². The lowest BCUT2D eigenvalue weighted by Gasteiger charge is -2.20. The van der Waals surface area contributed by atoms with Crippen molar-refractivity contribution in [1.82, 2.24) is 10.6 Å². The molecule has 20 heavy (non-hydrogen) atoms. The Hall–Kier alpha value is -1.44. The monoisotopic (exact) mass is 344 g/mol. The maximum Gasteiger partial charge on any atom is 0.251 e. The minimum atomic E-state index is -1.37. The van der Waals surface area contributed by atoms with Crippen molar-refractivity contribution in [2.75, 3.05) is 19.7 Å². The number of nitrogens with one attached hydrogen (secondary N) is 2. The van der Waals surface area contributed by atoms with E-state index in [2.05, 4.69) is 26.6 Å². The summed E-state index contributed by atoms with van der Waals surface area (Å²) in [5.41, 5.74) is -0.932. The van der Waals surface area contributed by atoms with E-state index in [1.807, 2.05) is 0 Å². The van der Waals surface area contributed by atoms with Crippen molar-refractivity contribution in [2.45, 2.75) is 12.5 Å². The first-order chi connectivity index (χ1) is 9.34. The quantitative estimate of drug-likeness (QED) is 0.585. The van der Waals surface area contributed by atoms with Crippen molar-refractivity contribution in [1.29, 1.82) is 0 Å². The van der Waals surface area contributed by atoms with Crippen LogP contribution in [-0.2, 0) is 4.79 Å². The van der Waals surface area contributed by atoms with Gasteiger partial charge in [0.25, 0.3) is 5.91 Å². The third kappa shape index (κ3) is 5.68. The zero-order valence-corrected chi connectivity index (χ0v) is 12.6. The second-order valence-corrected chi connectivity index (χ2v) is 5.54. The summed E-state index contributed by atoms with van der Waals surface area (Å²) in [6.45, 7) is 0.646. The fourth-order valence-electron chi connectivity index (χ4n) is 1.30. The number of carbonyl (C=O) groups is 2. The zero-order chi connectivity index (χ0) is 15.2. The molecular weight excluding hydrogens is 328 g/mol. The van der Waals surface area contributed by atoms with Crippen molar-refractivity contribution in [3.05, 3.63) is 34.3 Å². The summed E-state index contributed by atoms with van der Waals surface area (Å²) in [6, 6.07) is 6.79. The Morgan fingerprint density at radius 2 is 2.05 bits per heavy atom. The highest BCUT2D eigenvalue weighted by Crippen LogP contribution is 2.11. The number of hydrogen-bond acceptors (Lipinski definition) is 4. The highest BCUT2D eigenvalue weighted by Gasteiger charge is 2.19. The summed E-state index contributed by atoms with van der Waals surface area (Å²) in [6.07, 6.45) is 0. The van der Waals surface area contributed by atoms with Crippen molar-refractivity contribution >= 4 is 27.7 Å². The van der Waals surface area contributed by atoms with Gasteiger partial charge in [-0.05, 0) is 25.1 Å². The lowest BCUT2D eigenvalue weighted by molar-refractivity contribution is -0.121. The van der Waals surface area contributed by atoms with E-state index >= 15 is 0 Å². The molecule has 0 aliphatic heterocycles. The van der Waals surface area contributed by atoms with E-state index in [4.69, 9.17) is 5.11 Å². The Morgan fingerprint density at radius 3 is 2.65 bits per heavy atom. The van der Waals surface area contributed by atoms with E-state index in [9.17, 15) is 14.7 Å². The highest BCUT2D eigenvalue weighted by atomic mass is 79.9. The molecule has 2 amide bonds. The number of benzene rings is 1. The molecule has 110 valence electrons. The molecule has 0 radical (unpaired) electrons. The molecule has 1 rings (SSSR count). The van der Waals surface area contributed by atoms with Gasteiger partial charge in [-0.15, -0.1) is 0 Å². The van der Waals surface area contributed by atoms with Crippen LogP contribution in [0.4, 0.5) is 0 Å². The van der Waals surface area contributed by atoms with Crippen LogP contribution in [0.25, 0.3) is 0 Å². The van der Waals surface area contributed by atoms with Crippen LogP contribution >= 0.6 is 15.9 Å². The lowest BCUT2D eigenvalue weighted by atomic mass is 10.1. The molecule has 7 heteroatoms. The molecular formula is C13H17BrN2O4. The van der Waals surface area contributed by atoms with Crippen molar-refractivity contribution < 1.29 is 19.8 Å². The largest absolute Gasteiger partial charge is 0.393 e. The SMILES string of the molecule is CC(O)(CO)CNC(=O)CNC(=O)c1cccc(Br)c1. The molecule has 0 spiro atoms. The molecule has 1 aromatic carbocycles. The number of aliphatic hydroxyl groups is 2. The minimum absolute atomic E-state index is 0.0882. The highest BCUT2D eigenvalue weighted by molar-refractivity contribution is 9.10. The maximum atomic E-state index is 11.8. The van der Waals surface area contributed by atoms with Gasteiger partial charge in [-0.2, -0.15) is 0 Å². The predicted octanol–water partition coefficient (Wildman–Crippen LogP) is 0.0384. The van der Waals surface area contributed by atoms with Crippen molar-refractivity contribution in [3.63, 3.8) is 0 Å². The molecule has 6 nitrogen and oxygen atoms in total. The van der Waals surface area contributed by atoms with Gasteiger partial charge in [-0.1, -0.05) is 22.0 Å². The van der Waals surface area contributed by atoms with Crippen LogP contribution in [0.5, 0.6) is 0 Å². The summed E-state index contributed by atoms with van der Waals surface area (Å²) in [7, 11) is 0. The molecule has 0 aromatic heterocycles. The molecule has 0 aliphatic rings. The lowest BCUT2D eigenvalue weighted by Crippen LogP contribution is -2.46. The Morgan fingerprint density at radius 1 is 1.35 bits per heavy atom. The standard InChI is InChI=1S/C13H17BrN2O4/c1-13(20,8-17)7-16-11(18)6-15-12(19)9-3-2-4-10(14)5-9/h2-5,17,20H,6-8H2,1H3,(H,15,19)(H,16,18). The molecule has 0 aliphatic carbocycles. The third-order valence-electron chi connectivity index (χ3n) is 2.50. The van der Waals surface area contributed by atoms with Gasteiger partial charge in [0.05, 0.1) is 13.2 Å². The van der Waals surface area contributed by atoms with Gasteiger partial charge < -0.3 is 20.8 Å². The van der Waals surface area contributed by atoms with Crippen molar-refractivity contribution in [2.24, 2.45) is 0 Å². The van der Waals surface area contributed by atoms with Gasteiger partial charge >= 0.3 is 0 Å². The van der Waals surface area contributed by atoms with E-state index in [1.54, 1.807) is 24.3 Å². The number of carbonyl (C=O) groups excluding carboxylic acids is 2. The molecule has 0 saturated carbocycles. The topological polar surface area (TPSA) is 98.7 Å². The van der Waals surface area contributed by atoms with E-state index < -0.39 is 18.1 Å². The summed E-state index contributed by atoms with van der Waals surface area (Å²) < 4.78 is 0.772. The second-order valence-electron chi connectivity index (χ2n) is 4.62. The Balaban J connectivity index is 2.40. The average molecular weight is 345 g/mol. The number of rotatable bonds is 6. The maximum absolute atomic E-state index is 11.8. The third-order valence-corrected chi connectivity index (χ3v) is 3.00. The average Bonchev–Trinajstić information content (AvgIpc) is 2.42. The number of aliphatic hydroxyl groups excluding tert-OH is 1. The molecule has 0 fully saturated rings. The van der Waals surface area contributed by atoms with Crippen LogP contribution in [0.3, 0.4) is 0 Å². The predicted molar refractivity (Wildman–Crippen MR) is 77.2 cm³/mol.